The summed E-state index contributed by atoms with van der Waals surface area (Å²) in [4.78, 5) is 0. The molecule has 0 heterocycles. The molecule has 1 saturated carbocycles. The Morgan fingerprint density at radius 3 is 2.22 bits per heavy atom. The first kappa shape index (κ1) is 7.76. The molecule has 1 N–H and O–H groups in total. The summed E-state index contributed by atoms with van der Waals surface area (Å²) in [5.41, 5.74) is 0.113. The molecule has 0 aromatic rings. The first-order chi connectivity index (χ1) is 4.18. The highest BCUT2D eigenvalue weighted by molar-refractivity contribution is 9.28. The first-order valence-corrected chi connectivity index (χ1v) is 4.42. The lowest BCUT2D eigenvalue weighted by Crippen LogP contribution is -2.00. The van der Waals surface area contributed by atoms with Crippen molar-refractivity contribution in [2.45, 2.75) is 12.8 Å². The van der Waals surface area contributed by atoms with Crippen LogP contribution >= 0.6 is 31.9 Å². The zero-order valence-electron chi connectivity index (χ0n) is 4.90. The maximum absolute atomic E-state index is 8.82. The minimum atomic E-state index is 0.113. The topological polar surface area (TPSA) is 20.2 Å². The summed E-state index contributed by atoms with van der Waals surface area (Å²) >= 11 is 6.52. The van der Waals surface area contributed by atoms with Crippen LogP contribution in [0.3, 0.4) is 0 Å². The van der Waals surface area contributed by atoms with Crippen LogP contribution in [0.15, 0.2) is 9.47 Å². The van der Waals surface area contributed by atoms with Crippen molar-refractivity contribution in [3.8, 4) is 0 Å². The lowest BCUT2D eigenvalue weighted by Gasteiger charge is -2.02. The highest BCUT2D eigenvalue weighted by Crippen LogP contribution is 2.48. The lowest BCUT2D eigenvalue weighted by molar-refractivity contribution is 0.242. The second-order valence-electron chi connectivity index (χ2n) is 2.45. The molecule has 0 aromatic heterocycles. The number of halogens is 2. The van der Waals surface area contributed by atoms with E-state index in [9.17, 15) is 0 Å². The highest BCUT2D eigenvalue weighted by atomic mass is 79.9. The lowest BCUT2D eigenvalue weighted by atomic mass is 10.1. The van der Waals surface area contributed by atoms with Gasteiger partial charge in [0.2, 0.25) is 0 Å². The molecule has 1 fully saturated rings. The van der Waals surface area contributed by atoms with Gasteiger partial charge < -0.3 is 5.11 Å². The van der Waals surface area contributed by atoms with Crippen molar-refractivity contribution in [3.05, 3.63) is 9.47 Å². The minimum Gasteiger partial charge on any atom is -0.395 e. The molecule has 0 bridgehead atoms. The Kier molecular flexibility index (Phi) is 2.35. The van der Waals surface area contributed by atoms with Crippen LogP contribution in [-0.2, 0) is 0 Å². The third-order valence-corrected chi connectivity index (χ3v) is 2.08. The van der Waals surface area contributed by atoms with Gasteiger partial charge in [-0.05, 0) is 44.7 Å². The third-order valence-electron chi connectivity index (χ3n) is 1.62. The summed E-state index contributed by atoms with van der Waals surface area (Å²) < 4.78 is 0.946. The number of rotatable bonds is 2. The average Bonchev–Trinajstić information content (AvgIpc) is 2.48. The van der Waals surface area contributed by atoms with Crippen LogP contribution in [0.2, 0.25) is 0 Å². The van der Waals surface area contributed by atoms with E-state index in [1.54, 1.807) is 0 Å². The van der Waals surface area contributed by atoms with Crippen molar-refractivity contribution in [2.75, 3.05) is 6.61 Å². The Morgan fingerprint density at radius 2 is 2.11 bits per heavy atom. The van der Waals surface area contributed by atoms with E-state index in [2.05, 4.69) is 31.9 Å². The smallest absolute Gasteiger partial charge is 0.0570 e. The van der Waals surface area contributed by atoms with E-state index in [0.717, 1.165) is 16.2 Å². The fraction of sp³-hybridized carbons (Fsp3) is 0.667. The average molecular weight is 256 g/mol. The third kappa shape index (κ3) is 2.06. The summed E-state index contributed by atoms with van der Waals surface area (Å²) in [6.07, 6.45) is 4.25. The van der Waals surface area contributed by atoms with E-state index in [0.29, 0.717) is 0 Å². The molecular formula is C6H8Br2O. The van der Waals surface area contributed by atoms with Crippen molar-refractivity contribution in [3.63, 3.8) is 0 Å². The van der Waals surface area contributed by atoms with Gasteiger partial charge in [-0.25, -0.2) is 0 Å². The number of aliphatic hydroxyl groups is 1. The molecule has 1 rings (SSSR count). The Hall–Kier alpha value is 0.660. The van der Waals surface area contributed by atoms with Crippen LogP contribution in [-0.4, -0.2) is 11.7 Å². The molecule has 0 aliphatic heterocycles. The number of hydrogen-bond acceptors (Lipinski definition) is 1. The monoisotopic (exact) mass is 254 g/mol. The van der Waals surface area contributed by atoms with Crippen LogP contribution in [0.1, 0.15) is 12.8 Å². The fourth-order valence-corrected chi connectivity index (χ4v) is 1.71. The van der Waals surface area contributed by atoms with E-state index in [-0.39, 0.29) is 12.0 Å². The molecule has 0 radical (unpaired) electrons. The predicted octanol–water partition coefficient (Wildman–Crippen LogP) is 2.39. The van der Waals surface area contributed by atoms with E-state index in [4.69, 9.17) is 5.11 Å². The van der Waals surface area contributed by atoms with Gasteiger partial charge in [0.15, 0.2) is 0 Å². The molecule has 3 heteroatoms. The molecule has 52 valence electrons. The molecule has 0 spiro atoms. The Labute approximate surface area is 71.4 Å². The molecule has 1 aliphatic carbocycles. The number of hydrogen-bond donors (Lipinski definition) is 1. The van der Waals surface area contributed by atoms with Gasteiger partial charge in [0.25, 0.3) is 0 Å². The van der Waals surface area contributed by atoms with E-state index < -0.39 is 0 Å². The van der Waals surface area contributed by atoms with Crippen molar-refractivity contribution in [2.24, 2.45) is 5.41 Å². The largest absolute Gasteiger partial charge is 0.395 e. The molecule has 0 atom stereocenters. The van der Waals surface area contributed by atoms with Gasteiger partial charge in [0.05, 0.1) is 10.00 Å². The normalized spacial score (nSPS) is 21.2. The molecule has 0 aromatic carbocycles. The molecular weight excluding hydrogens is 248 g/mol. The highest BCUT2D eigenvalue weighted by Gasteiger charge is 2.39. The maximum atomic E-state index is 8.82. The summed E-state index contributed by atoms with van der Waals surface area (Å²) in [6, 6.07) is 0. The van der Waals surface area contributed by atoms with Gasteiger partial charge in [-0.15, -0.1) is 0 Å². The van der Waals surface area contributed by atoms with Gasteiger partial charge in [-0.2, -0.15) is 0 Å². The zero-order valence-corrected chi connectivity index (χ0v) is 8.07. The molecule has 9 heavy (non-hydrogen) atoms. The van der Waals surface area contributed by atoms with E-state index in [1.807, 2.05) is 6.08 Å². The van der Waals surface area contributed by atoms with Crippen molar-refractivity contribution < 1.29 is 5.11 Å². The van der Waals surface area contributed by atoms with Gasteiger partial charge in [0, 0.05) is 5.41 Å². The minimum absolute atomic E-state index is 0.113. The quantitative estimate of drug-likeness (QED) is 0.804. The zero-order chi connectivity index (χ0) is 6.91. The summed E-state index contributed by atoms with van der Waals surface area (Å²) in [5.74, 6) is 0. The number of aliphatic hydroxyl groups excluding tert-OH is 1. The second-order valence-corrected chi connectivity index (χ2v) is 5.23. The van der Waals surface area contributed by atoms with Crippen molar-refractivity contribution in [1.82, 2.24) is 0 Å². The Morgan fingerprint density at radius 1 is 1.56 bits per heavy atom. The first-order valence-electron chi connectivity index (χ1n) is 2.83. The van der Waals surface area contributed by atoms with Crippen LogP contribution < -0.4 is 0 Å². The van der Waals surface area contributed by atoms with Gasteiger partial charge in [-0.3, -0.25) is 0 Å². The van der Waals surface area contributed by atoms with Gasteiger partial charge in [0.1, 0.15) is 0 Å². The fourth-order valence-electron chi connectivity index (χ4n) is 0.740. The predicted molar refractivity (Wildman–Crippen MR) is 44.7 cm³/mol. The van der Waals surface area contributed by atoms with Crippen LogP contribution in [0.25, 0.3) is 0 Å². The molecule has 0 saturated heterocycles. The summed E-state index contributed by atoms with van der Waals surface area (Å²) in [7, 11) is 0. The van der Waals surface area contributed by atoms with Gasteiger partial charge in [-0.1, -0.05) is 6.08 Å². The summed E-state index contributed by atoms with van der Waals surface area (Å²) in [6.45, 7) is 0.272. The standard InChI is InChI=1S/C6H8Br2O/c7-5(8)3-6(4-9)1-2-6/h3,9H,1-2,4H2. The molecule has 0 unspecified atom stereocenters. The summed E-state index contributed by atoms with van der Waals surface area (Å²) in [5, 5.41) is 8.82. The molecule has 0 amide bonds. The SMILES string of the molecule is OCC1(C=C(Br)Br)CC1. The van der Waals surface area contributed by atoms with E-state index in [1.165, 1.54) is 0 Å². The van der Waals surface area contributed by atoms with Crippen molar-refractivity contribution in [1.29, 1.82) is 0 Å². The Balaban J connectivity index is 2.51. The molecule has 1 aliphatic rings. The van der Waals surface area contributed by atoms with E-state index >= 15 is 0 Å². The van der Waals surface area contributed by atoms with Crippen LogP contribution in [0.4, 0.5) is 0 Å². The maximum Gasteiger partial charge on any atom is 0.0570 e. The van der Waals surface area contributed by atoms with Crippen LogP contribution in [0, 0.1) is 5.41 Å². The molecule has 1 nitrogen and oxygen atoms in total. The van der Waals surface area contributed by atoms with Crippen LogP contribution in [0.5, 0.6) is 0 Å². The Bertz CT molecular complexity index is 134. The van der Waals surface area contributed by atoms with Gasteiger partial charge >= 0.3 is 0 Å². The second kappa shape index (κ2) is 2.72. The van der Waals surface area contributed by atoms with Crippen molar-refractivity contribution >= 4 is 31.9 Å².